The number of rotatable bonds is 12. The van der Waals surface area contributed by atoms with Gasteiger partial charge in [0.15, 0.2) is 0 Å². The van der Waals surface area contributed by atoms with E-state index in [-0.39, 0.29) is 11.9 Å². The van der Waals surface area contributed by atoms with Gasteiger partial charge in [-0.1, -0.05) is 55.2 Å². The molecule has 0 spiro atoms. The lowest BCUT2D eigenvalue weighted by atomic mass is 9.87. The van der Waals surface area contributed by atoms with E-state index in [1.807, 2.05) is 0 Å². The second kappa shape index (κ2) is 12.3. The molecule has 1 N–H and O–H groups in total. The highest BCUT2D eigenvalue weighted by Gasteiger charge is 2.33. The molecule has 2 aliphatic carbocycles. The molecule has 2 rings (SSSR count). The van der Waals surface area contributed by atoms with E-state index in [0.29, 0.717) is 18.3 Å². The van der Waals surface area contributed by atoms with Gasteiger partial charge in [-0.2, -0.15) is 0 Å². The number of Topliss-reactive ketones (excluding diaryl/α,β-unsaturated/α-hetero) is 1. The van der Waals surface area contributed by atoms with Crippen LogP contribution in [0.15, 0.2) is 36.0 Å². The average molecular weight is 359 g/mol. The van der Waals surface area contributed by atoms with Crippen molar-refractivity contribution in [3.8, 4) is 0 Å². The van der Waals surface area contributed by atoms with Crippen LogP contribution < -0.4 is 0 Å². The Bertz CT molecular complexity index is 500. The molecule has 1 fully saturated rings. The van der Waals surface area contributed by atoms with Gasteiger partial charge in [0, 0.05) is 6.42 Å². The normalized spacial score (nSPS) is 25.8. The minimum atomic E-state index is -0.112. The van der Waals surface area contributed by atoms with E-state index in [4.69, 9.17) is 0 Å². The van der Waals surface area contributed by atoms with Crippen LogP contribution in [0.5, 0.6) is 0 Å². The third-order valence-corrected chi connectivity index (χ3v) is 6.02. The summed E-state index contributed by atoms with van der Waals surface area (Å²) in [5.41, 5.74) is 1.53. The van der Waals surface area contributed by atoms with Crippen molar-refractivity contribution < 1.29 is 9.90 Å². The van der Waals surface area contributed by atoms with E-state index in [2.05, 4.69) is 30.4 Å². The zero-order chi connectivity index (χ0) is 18.6. The van der Waals surface area contributed by atoms with Gasteiger partial charge in [0.25, 0.3) is 0 Å². The minimum absolute atomic E-state index is 0.112. The molecule has 0 heterocycles. The predicted molar refractivity (Wildman–Crippen MR) is 110 cm³/mol. The molecular formula is C24H38O2. The van der Waals surface area contributed by atoms with E-state index in [0.717, 1.165) is 25.7 Å². The molecule has 2 aliphatic rings. The molecule has 0 aromatic rings. The number of aliphatic hydroxyl groups is 1. The number of allylic oxidation sites excluding steroid dienone is 6. The molecule has 0 amide bonds. The van der Waals surface area contributed by atoms with Crippen LogP contribution in [0.2, 0.25) is 0 Å². The molecule has 0 saturated heterocycles. The first-order chi connectivity index (χ1) is 12.7. The highest BCUT2D eigenvalue weighted by atomic mass is 16.3. The lowest BCUT2D eigenvalue weighted by Gasteiger charge is -2.20. The number of hydrogen-bond donors (Lipinski definition) is 1. The Kier molecular flexibility index (Phi) is 9.99. The van der Waals surface area contributed by atoms with Gasteiger partial charge < -0.3 is 9.90 Å². The summed E-state index contributed by atoms with van der Waals surface area (Å²) in [6.07, 6.45) is 26.0. The van der Waals surface area contributed by atoms with Gasteiger partial charge in [0.2, 0.25) is 0 Å². The van der Waals surface area contributed by atoms with Gasteiger partial charge >= 0.3 is 0 Å². The van der Waals surface area contributed by atoms with Crippen molar-refractivity contribution in [1.82, 2.24) is 0 Å². The number of carbonyl (C=O) groups is 1. The number of aliphatic hydroxyl groups excluding tert-OH is 1. The molecule has 1 unspecified atom stereocenters. The monoisotopic (exact) mass is 358 g/mol. The molecule has 0 radical (unpaired) electrons. The zero-order valence-corrected chi connectivity index (χ0v) is 16.7. The van der Waals surface area contributed by atoms with Crippen molar-refractivity contribution >= 4 is 5.78 Å². The van der Waals surface area contributed by atoms with E-state index < -0.39 is 0 Å². The van der Waals surface area contributed by atoms with Crippen LogP contribution >= 0.6 is 0 Å². The fraction of sp³-hybridized carbons (Fsp3) is 0.708. The second-order valence-electron chi connectivity index (χ2n) is 8.23. The topological polar surface area (TPSA) is 37.3 Å². The van der Waals surface area contributed by atoms with Crippen molar-refractivity contribution in [3.05, 3.63) is 36.0 Å². The number of carbonyl (C=O) groups excluding carboxylic acids is 1. The molecule has 0 aliphatic heterocycles. The van der Waals surface area contributed by atoms with Crippen LogP contribution in [0.4, 0.5) is 0 Å². The van der Waals surface area contributed by atoms with E-state index in [9.17, 15) is 9.90 Å². The molecule has 26 heavy (non-hydrogen) atoms. The predicted octanol–water partition coefficient (Wildman–Crippen LogP) is 6.31. The van der Waals surface area contributed by atoms with Crippen molar-refractivity contribution in [3.63, 3.8) is 0 Å². The Morgan fingerprint density at radius 2 is 2.04 bits per heavy atom. The Morgan fingerprint density at radius 1 is 1.15 bits per heavy atom. The summed E-state index contributed by atoms with van der Waals surface area (Å²) in [5.74, 6) is 1.42. The average Bonchev–Trinajstić information content (AvgIpc) is 2.98. The fourth-order valence-electron chi connectivity index (χ4n) is 4.44. The highest BCUT2D eigenvalue weighted by molar-refractivity contribution is 5.75. The van der Waals surface area contributed by atoms with Gasteiger partial charge in [-0.25, -0.2) is 0 Å². The quantitative estimate of drug-likeness (QED) is 0.328. The van der Waals surface area contributed by atoms with Crippen molar-refractivity contribution in [2.24, 2.45) is 11.8 Å². The standard InChI is InChI=1S/C24H38O2/c1-20(25)12-6-2-3-11-17-23-22(18-19-24(23)26)16-10-5-9-15-21-13-7-4-8-14-21/h3,7,11,13-14,22-24,26H,2,4-6,8-10,12,15-19H2,1H3/b11-3-/t22?,23-,24+/m1/s1. The molecule has 1 saturated carbocycles. The summed E-state index contributed by atoms with van der Waals surface area (Å²) in [6, 6.07) is 0. The smallest absolute Gasteiger partial charge is 0.129 e. The van der Waals surface area contributed by atoms with Crippen LogP contribution in [-0.2, 0) is 4.79 Å². The third kappa shape index (κ3) is 8.03. The van der Waals surface area contributed by atoms with Crippen LogP contribution in [0, 0.1) is 11.8 Å². The number of ketones is 1. The maximum absolute atomic E-state index is 10.9. The van der Waals surface area contributed by atoms with Gasteiger partial charge in [0.05, 0.1) is 6.10 Å². The highest BCUT2D eigenvalue weighted by Crippen LogP contribution is 2.38. The van der Waals surface area contributed by atoms with Gasteiger partial charge in [0.1, 0.15) is 5.78 Å². The van der Waals surface area contributed by atoms with E-state index in [1.165, 1.54) is 56.9 Å². The maximum Gasteiger partial charge on any atom is 0.129 e. The number of unbranched alkanes of at least 4 members (excludes halogenated alkanes) is 3. The lowest BCUT2D eigenvalue weighted by Crippen LogP contribution is -2.18. The Balaban J connectivity index is 1.59. The van der Waals surface area contributed by atoms with Crippen molar-refractivity contribution in [1.29, 1.82) is 0 Å². The van der Waals surface area contributed by atoms with Crippen LogP contribution in [0.1, 0.15) is 90.4 Å². The zero-order valence-electron chi connectivity index (χ0n) is 16.7. The Labute approximate surface area is 160 Å². The van der Waals surface area contributed by atoms with Gasteiger partial charge in [-0.3, -0.25) is 0 Å². The largest absolute Gasteiger partial charge is 0.393 e. The summed E-state index contributed by atoms with van der Waals surface area (Å²) in [4.78, 5) is 10.9. The Hall–Kier alpha value is -1.15. The summed E-state index contributed by atoms with van der Waals surface area (Å²) < 4.78 is 0. The molecule has 146 valence electrons. The van der Waals surface area contributed by atoms with Crippen LogP contribution in [-0.4, -0.2) is 17.0 Å². The first-order valence-electron chi connectivity index (χ1n) is 10.8. The number of hydrogen-bond acceptors (Lipinski definition) is 2. The lowest BCUT2D eigenvalue weighted by molar-refractivity contribution is -0.117. The molecule has 0 aromatic heterocycles. The molecule has 2 nitrogen and oxygen atoms in total. The van der Waals surface area contributed by atoms with E-state index in [1.54, 1.807) is 6.92 Å². The summed E-state index contributed by atoms with van der Waals surface area (Å²) in [6.45, 7) is 1.66. The van der Waals surface area contributed by atoms with Gasteiger partial charge in [-0.15, -0.1) is 0 Å². The van der Waals surface area contributed by atoms with Crippen LogP contribution in [0.25, 0.3) is 0 Å². The molecule has 3 atom stereocenters. The van der Waals surface area contributed by atoms with Crippen LogP contribution in [0.3, 0.4) is 0 Å². The van der Waals surface area contributed by atoms with Crippen molar-refractivity contribution in [2.75, 3.05) is 0 Å². The fourth-order valence-corrected chi connectivity index (χ4v) is 4.44. The summed E-state index contributed by atoms with van der Waals surface area (Å²) in [5, 5.41) is 10.3. The molecule has 2 heteroatoms. The van der Waals surface area contributed by atoms with E-state index >= 15 is 0 Å². The minimum Gasteiger partial charge on any atom is -0.393 e. The summed E-state index contributed by atoms with van der Waals surface area (Å²) >= 11 is 0. The second-order valence-corrected chi connectivity index (χ2v) is 8.23. The first kappa shape index (κ1) is 21.2. The molecule has 0 aromatic carbocycles. The Morgan fingerprint density at radius 3 is 2.81 bits per heavy atom. The first-order valence-corrected chi connectivity index (χ1v) is 10.8. The van der Waals surface area contributed by atoms with Crippen molar-refractivity contribution in [2.45, 2.75) is 96.5 Å². The maximum atomic E-state index is 10.9. The molecule has 0 bridgehead atoms. The third-order valence-electron chi connectivity index (χ3n) is 6.02. The summed E-state index contributed by atoms with van der Waals surface area (Å²) in [7, 11) is 0. The van der Waals surface area contributed by atoms with Gasteiger partial charge in [-0.05, 0) is 76.5 Å². The molecular weight excluding hydrogens is 320 g/mol. The SMILES string of the molecule is CC(=O)CCC/C=C\C[C@@H]1C(CCCCCC2=CCCC=C2)CC[C@@H]1O.